The van der Waals surface area contributed by atoms with Gasteiger partial charge in [-0.2, -0.15) is 0 Å². The highest BCUT2D eigenvalue weighted by molar-refractivity contribution is 5.86. The highest BCUT2D eigenvalue weighted by Gasteiger charge is 2.24. The summed E-state index contributed by atoms with van der Waals surface area (Å²) in [7, 11) is 0. The molecule has 6 heteroatoms. The number of aliphatic hydroxyl groups is 1. The molecule has 1 rings (SSSR count). The van der Waals surface area contributed by atoms with Gasteiger partial charge in [0.2, 0.25) is 0 Å². The van der Waals surface area contributed by atoms with Crippen molar-refractivity contribution in [2.45, 2.75) is 25.5 Å². The number of nitrogens with one attached hydrogen (secondary N) is 1. The molecule has 0 heterocycles. The number of aliphatic carboxylic acids is 1. The zero-order valence-electron chi connectivity index (χ0n) is 10.6. The van der Waals surface area contributed by atoms with Crippen molar-refractivity contribution in [3.8, 4) is 5.75 Å². The smallest absolute Gasteiger partial charge is 0.328 e. The molecule has 3 N–H and O–H groups in total. The fourth-order valence-electron chi connectivity index (χ4n) is 1.44. The van der Waals surface area contributed by atoms with Crippen LogP contribution in [0, 0.1) is 0 Å². The quantitative estimate of drug-likeness (QED) is 0.665. The van der Waals surface area contributed by atoms with Crippen molar-refractivity contribution in [2.24, 2.45) is 0 Å². The van der Waals surface area contributed by atoms with Gasteiger partial charge in [0.1, 0.15) is 11.8 Å². The number of aliphatic hydroxyl groups excluding tert-OH is 1. The molecule has 0 bridgehead atoms. The highest BCUT2D eigenvalue weighted by atomic mass is 16.5. The van der Waals surface area contributed by atoms with Crippen molar-refractivity contribution >= 4 is 11.9 Å². The van der Waals surface area contributed by atoms with E-state index in [9.17, 15) is 9.59 Å². The Morgan fingerprint density at radius 1 is 1.32 bits per heavy atom. The largest absolute Gasteiger partial charge is 0.481 e. The standard InChI is InChI=1S/C13H17NO5/c1-2-11(19-9-6-4-3-5-7-9)12(16)14-10(8-15)13(17)18/h3-7,10-11,15H,2,8H2,1H3,(H,14,16)(H,17,18). The van der Waals surface area contributed by atoms with E-state index in [0.29, 0.717) is 12.2 Å². The van der Waals surface area contributed by atoms with Crippen molar-refractivity contribution in [3.63, 3.8) is 0 Å². The predicted octanol–water partition coefficient (Wildman–Crippen LogP) is 0.406. The van der Waals surface area contributed by atoms with E-state index in [-0.39, 0.29) is 0 Å². The van der Waals surface area contributed by atoms with Crippen LogP contribution in [0.2, 0.25) is 0 Å². The number of carboxylic acid groups (broad SMARTS) is 1. The summed E-state index contributed by atoms with van der Waals surface area (Å²) in [4.78, 5) is 22.6. The van der Waals surface area contributed by atoms with Gasteiger partial charge in [0.25, 0.3) is 5.91 Å². The molecule has 2 unspecified atom stereocenters. The number of ether oxygens (including phenoxy) is 1. The van der Waals surface area contributed by atoms with Crippen molar-refractivity contribution < 1.29 is 24.5 Å². The Hall–Kier alpha value is -2.08. The van der Waals surface area contributed by atoms with Crippen LogP contribution < -0.4 is 10.1 Å². The van der Waals surface area contributed by atoms with E-state index >= 15 is 0 Å². The third-order valence-corrected chi connectivity index (χ3v) is 2.48. The number of carboxylic acids is 1. The van der Waals surface area contributed by atoms with Crippen LogP contribution in [0.3, 0.4) is 0 Å². The average molecular weight is 267 g/mol. The van der Waals surface area contributed by atoms with Gasteiger partial charge in [-0.1, -0.05) is 25.1 Å². The molecular weight excluding hydrogens is 250 g/mol. The van der Waals surface area contributed by atoms with E-state index in [2.05, 4.69) is 5.32 Å². The molecule has 0 radical (unpaired) electrons. The molecule has 0 spiro atoms. The molecule has 1 aromatic carbocycles. The number of hydrogen-bond donors (Lipinski definition) is 3. The first-order valence-electron chi connectivity index (χ1n) is 5.94. The summed E-state index contributed by atoms with van der Waals surface area (Å²) in [6.45, 7) is 1.09. The number of rotatable bonds is 7. The zero-order chi connectivity index (χ0) is 14.3. The molecule has 0 aliphatic rings. The van der Waals surface area contributed by atoms with Gasteiger partial charge in [-0.05, 0) is 18.6 Å². The third kappa shape index (κ3) is 4.59. The van der Waals surface area contributed by atoms with Crippen LogP contribution in [-0.2, 0) is 9.59 Å². The van der Waals surface area contributed by atoms with Crippen LogP contribution in [0.25, 0.3) is 0 Å². The lowest BCUT2D eigenvalue weighted by Gasteiger charge is -2.19. The Kier molecular flexibility index (Phi) is 5.81. The second kappa shape index (κ2) is 7.38. The second-order valence-electron chi connectivity index (χ2n) is 3.91. The number of para-hydroxylation sites is 1. The number of amides is 1. The number of carbonyl (C=O) groups excluding carboxylic acids is 1. The summed E-state index contributed by atoms with van der Waals surface area (Å²) >= 11 is 0. The molecule has 2 atom stereocenters. The molecule has 0 fully saturated rings. The third-order valence-electron chi connectivity index (χ3n) is 2.48. The predicted molar refractivity (Wildman–Crippen MR) is 67.8 cm³/mol. The van der Waals surface area contributed by atoms with Crippen LogP contribution in [0.15, 0.2) is 30.3 Å². The Balaban J connectivity index is 2.64. The highest BCUT2D eigenvalue weighted by Crippen LogP contribution is 2.12. The van der Waals surface area contributed by atoms with E-state index in [4.69, 9.17) is 14.9 Å². The number of hydrogen-bond acceptors (Lipinski definition) is 4. The van der Waals surface area contributed by atoms with Gasteiger partial charge in [0.15, 0.2) is 6.10 Å². The summed E-state index contributed by atoms with van der Waals surface area (Å²) in [6, 6.07) is 7.45. The maximum atomic E-state index is 11.8. The van der Waals surface area contributed by atoms with Gasteiger partial charge in [-0.25, -0.2) is 4.79 Å². The van der Waals surface area contributed by atoms with Crippen molar-refractivity contribution in [1.29, 1.82) is 0 Å². The van der Waals surface area contributed by atoms with Crippen molar-refractivity contribution in [1.82, 2.24) is 5.32 Å². The average Bonchev–Trinajstić information content (AvgIpc) is 2.42. The van der Waals surface area contributed by atoms with E-state index in [1.165, 1.54) is 0 Å². The summed E-state index contributed by atoms with van der Waals surface area (Å²) in [5.74, 6) is -1.32. The summed E-state index contributed by atoms with van der Waals surface area (Å²) in [6.07, 6.45) is -0.408. The van der Waals surface area contributed by atoms with E-state index in [1.54, 1.807) is 31.2 Å². The van der Waals surface area contributed by atoms with Gasteiger partial charge in [-0.15, -0.1) is 0 Å². The molecule has 0 aliphatic heterocycles. The molecule has 0 aliphatic carbocycles. The first-order valence-corrected chi connectivity index (χ1v) is 5.94. The van der Waals surface area contributed by atoms with E-state index in [0.717, 1.165) is 0 Å². The number of benzene rings is 1. The van der Waals surface area contributed by atoms with E-state index < -0.39 is 30.6 Å². The lowest BCUT2D eigenvalue weighted by Crippen LogP contribution is -2.48. The first kappa shape index (κ1) is 15.0. The van der Waals surface area contributed by atoms with Gasteiger partial charge in [-0.3, -0.25) is 4.79 Å². The molecule has 6 nitrogen and oxygen atoms in total. The topological polar surface area (TPSA) is 95.9 Å². The molecule has 19 heavy (non-hydrogen) atoms. The van der Waals surface area contributed by atoms with Crippen LogP contribution in [0.5, 0.6) is 5.75 Å². The Morgan fingerprint density at radius 3 is 2.42 bits per heavy atom. The Morgan fingerprint density at radius 2 is 1.95 bits per heavy atom. The normalized spacial score (nSPS) is 13.4. The molecule has 1 aromatic rings. The van der Waals surface area contributed by atoms with Crippen molar-refractivity contribution in [2.75, 3.05) is 6.61 Å². The maximum Gasteiger partial charge on any atom is 0.328 e. The Bertz CT molecular complexity index is 420. The van der Waals surface area contributed by atoms with Crippen LogP contribution in [0.1, 0.15) is 13.3 Å². The number of carbonyl (C=O) groups is 2. The fourth-order valence-corrected chi connectivity index (χ4v) is 1.44. The van der Waals surface area contributed by atoms with Crippen LogP contribution in [0.4, 0.5) is 0 Å². The van der Waals surface area contributed by atoms with Gasteiger partial charge < -0.3 is 20.3 Å². The maximum absolute atomic E-state index is 11.8. The molecular formula is C13H17NO5. The minimum Gasteiger partial charge on any atom is -0.481 e. The minimum atomic E-state index is -1.32. The van der Waals surface area contributed by atoms with Crippen LogP contribution >= 0.6 is 0 Å². The van der Waals surface area contributed by atoms with E-state index in [1.807, 2.05) is 6.07 Å². The molecule has 104 valence electrons. The van der Waals surface area contributed by atoms with Gasteiger partial charge in [0.05, 0.1) is 6.61 Å². The minimum absolute atomic E-state index is 0.387. The fraction of sp³-hybridized carbons (Fsp3) is 0.385. The zero-order valence-corrected chi connectivity index (χ0v) is 10.6. The van der Waals surface area contributed by atoms with Crippen molar-refractivity contribution in [3.05, 3.63) is 30.3 Å². The monoisotopic (exact) mass is 267 g/mol. The first-order chi connectivity index (χ1) is 9.08. The molecule has 0 saturated heterocycles. The summed E-state index contributed by atoms with van der Waals surface area (Å²) in [5.41, 5.74) is 0. The van der Waals surface area contributed by atoms with Crippen LogP contribution in [-0.4, -0.2) is 40.8 Å². The second-order valence-corrected chi connectivity index (χ2v) is 3.91. The van der Waals surface area contributed by atoms with Gasteiger partial charge in [0, 0.05) is 0 Å². The lowest BCUT2D eigenvalue weighted by molar-refractivity contribution is -0.144. The summed E-state index contributed by atoms with van der Waals surface area (Å²) < 4.78 is 5.46. The SMILES string of the molecule is CCC(Oc1ccccc1)C(=O)NC(CO)C(=O)O. The summed E-state index contributed by atoms with van der Waals surface area (Å²) in [5, 5.41) is 19.8. The molecule has 1 amide bonds. The van der Waals surface area contributed by atoms with Gasteiger partial charge >= 0.3 is 5.97 Å². The lowest BCUT2D eigenvalue weighted by atomic mass is 10.2. The molecule has 0 aromatic heterocycles. The molecule has 0 saturated carbocycles. The Labute approximate surface area is 111 Å².